The van der Waals surface area contributed by atoms with Gasteiger partial charge in [0.2, 0.25) is 5.91 Å². The van der Waals surface area contributed by atoms with Crippen LogP contribution in [-0.2, 0) is 20.7 Å². The normalized spacial score (nSPS) is 16.7. The number of methoxy groups -OCH3 is 2. The van der Waals surface area contributed by atoms with Crippen molar-refractivity contribution < 1.29 is 19.1 Å². The first kappa shape index (κ1) is 15.3. The van der Waals surface area contributed by atoms with Gasteiger partial charge < -0.3 is 14.8 Å². The van der Waals surface area contributed by atoms with Crippen LogP contribution in [0.4, 0.5) is 0 Å². The molecule has 1 amide bonds. The maximum absolute atomic E-state index is 12.2. The average molecular weight is 292 g/mol. The molecule has 0 saturated heterocycles. The molecule has 6 nitrogen and oxygen atoms in total. The summed E-state index contributed by atoms with van der Waals surface area (Å²) < 4.78 is 9.99. The molecule has 0 unspecified atom stereocenters. The standard InChI is InChI=1S/C15H20N2O4/c1-15(10-6-7-10,14(19)21-3)17-13(18)9-11-12(20-2)5-4-8-16-11/h4-5,8,10H,6-7,9H2,1-3H3,(H,17,18)/t15-/m0/s1. The summed E-state index contributed by atoms with van der Waals surface area (Å²) in [6, 6.07) is 3.49. The number of carbonyl (C=O) groups is 2. The van der Waals surface area contributed by atoms with Gasteiger partial charge in [-0.15, -0.1) is 0 Å². The molecule has 1 aliphatic carbocycles. The van der Waals surface area contributed by atoms with E-state index in [0.717, 1.165) is 12.8 Å². The van der Waals surface area contributed by atoms with Gasteiger partial charge in [0.15, 0.2) is 0 Å². The zero-order valence-electron chi connectivity index (χ0n) is 12.5. The smallest absolute Gasteiger partial charge is 0.331 e. The molecule has 114 valence electrons. The Hall–Kier alpha value is -2.11. The van der Waals surface area contributed by atoms with E-state index in [1.165, 1.54) is 14.2 Å². The predicted octanol–water partition coefficient (Wildman–Crippen LogP) is 1.09. The van der Waals surface area contributed by atoms with Gasteiger partial charge in [-0.05, 0) is 37.8 Å². The van der Waals surface area contributed by atoms with Crippen molar-refractivity contribution >= 4 is 11.9 Å². The fourth-order valence-corrected chi connectivity index (χ4v) is 2.42. The number of carbonyl (C=O) groups excluding carboxylic acids is 2. The van der Waals surface area contributed by atoms with E-state index in [9.17, 15) is 9.59 Å². The Bertz CT molecular complexity index is 542. The van der Waals surface area contributed by atoms with E-state index in [2.05, 4.69) is 10.3 Å². The van der Waals surface area contributed by atoms with Crippen LogP contribution in [0.15, 0.2) is 18.3 Å². The molecule has 1 N–H and O–H groups in total. The van der Waals surface area contributed by atoms with Crippen molar-refractivity contribution in [3.63, 3.8) is 0 Å². The number of esters is 1. The lowest BCUT2D eigenvalue weighted by molar-refractivity contribution is -0.151. The minimum Gasteiger partial charge on any atom is -0.495 e. The Morgan fingerprint density at radius 3 is 2.71 bits per heavy atom. The van der Waals surface area contributed by atoms with Crippen LogP contribution in [0.25, 0.3) is 0 Å². The Labute approximate surface area is 123 Å². The van der Waals surface area contributed by atoms with Crippen molar-refractivity contribution in [3.8, 4) is 5.75 Å². The second-order valence-electron chi connectivity index (χ2n) is 5.35. The number of nitrogens with zero attached hydrogens (tertiary/aromatic N) is 1. The predicted molar refractivity (Wildman–Crippen MR) is 75.8 cm³/mol. The lowest BCUT2D eigenvalue weighted by Crippen LogP contribution is -2.55. The van der Waals surface area contributed by atoms with E-state index in [4.69, 9.17) is 9.47 Å². The van der Waals surface area contributed by atoms with Gasteiger partial charge in [-0.2, -0.15) is 0 Å². The summed E-state index contributed by atoms with van der Waals surface area (Å²) in [5.41, 5.74) is -0.422. The maximum Gasteiger partial charge on any atom is 0.331 e. The van der Waals surface area contributed by atoms with Gasteiger partial charge in [0.05, 0.1) is 26.3 Å². The number of ether oxygens (including phenoxy) is 2. The quantitative estimate of drug-likeness (QED) is 0.794. The van der Waals surface area contributed by atoms with Crippen LogP contribution < -0.4 is 10.1 Å². The molecule has 1 saturated carbocycles. The highest BCUT2D eigenvalue weighted by molar-refractivity contribution is 5.89. The molecule has 0 aromatic carbocycles. The van der Waals surface area contributed by atoms with Crippen LogP contribution in [-0.4, -0.2) is 36.6 Å². The zero-order valence-corrected chi connectivity index (χ0v) is 12.5. The highest BCUT2D eigenvalue weighted by Crippen LogP contribution is 2.40. The van der Waals surface area contributed by atoms with Crippen LogP contribution in [0.3, 0.4) is 0 Å². The largest absolute Gasteiger partial charge is 0.495 e. The molecule has 1 atom stereocenters. The van der Waals surface area contributed by atoms with Crippen molar-refractivity contribution in [1.82, 2.24) is 10.3 Å². The van der Waals surface area contributed by atoms with Crippen LogP contribution >= 0.6 is 0 Å². The molecule has 6 heteroatoms. The van der Waals surface area contributed by atoms with Gasteiger partial charge in [0.1, 0.15) is 11.3 Å². The summed E-state index contributed by atoms with van der Waals surface area (Å²) in [5.74, 6) is 0.0107. The van der Waals surface area contributed by atoms with Crippen molar-refractivity contribution in [1.29, 1.82) is 0 Å². The van der Waals surface area contributed by atoms with Gasteiger partial charge >= 0.3 is 5.97 Å². The lowest BCUT2D eigenvalue weighted by atomic mass is 9.95. The van der Waals surface area contributed by atoms with E-state index >= 15 is 0 Å². The van der Waals surface area contributed by atoms with E-state index in [-0.39, 0.29) is 18.2 Å². The number of hydrogen-bond donors (Lipinski definition) is 1. The van der Waals surface area contributed by atoms with E-state index in [1.807, 2.05) is 0 Å². The first-order valence-corrected chi connectivity index (χ1v) is 6.88. The average Bonchev–Trinajstić information content (AvgIpc) is 3.31. The molecule has 1 heterocycles. The molecule has 0 aliphatic heterocycles. The monoisotopic (exact) mass is 292 g/mol. The lowest BCUT2D eigenvalue weighted by Gasteiger charge is -2.27. The highest BCUT2D eigenvalue weighted by Gasteiger charge is 2.49. The van der Waals surface area contributed by atoms with Gasteiger partial charge in [0, 0.05) is 6.20 Å². The first-order valence-electron chi connectivity index (χ1n) is 6.88. The molecular weight excluding hydrogens is 272 g/mol. The molecule has 1 aromatic rings. The number of hydrogen-bond acceptors (Lipinski definition) is 5. The van der Waals surface area contributed by atoms with Gasteiger partial charge in [-0.25, -0.2) is 4.79 Å². The second kappa shape index (κ2) is 6.11. The van der Waals surface area contributed by atoms with Gasteiger partial charge in [-0.3, -0.25) is 9.78 Å². The van der Waals surface area contributed by atoms with Crippen LogP contribution in [0.1, 0.15) is 25.5 Å². The number of rotatable bonds is 6. The highest BCUT2D eigenvalue weighted by atomic mass is 16.5. The summed E-state index contributed by atoms with van der Waals surface area (Å²) in [5, 5.41) is 2.80. The topological polar surface area (TPSA) is 77.5 Å². The molecule has 21 heavy (non-hydrogen) atoms. The van der Waals surface area contributed by atoms with Gasteiger partial charge in [-0.1, -0.05) is 0 Å². The zero-order chi connectivity index (χ0) is 15.5. The number of aromatic nitrogens is 1. The summed E-state index contributed by atoms with van der Waals surface area (Å²) in [6.45, 7) is 1.71. The number of pyridine rings is 1. The Kier molecular flexibility index (Phi) is 4.45. The summed E-state index contributed by atoms with van der Waals surface area (Å²) >= 11 is 0. The van der Waals surface area contributed by atoms with Crippen molar-refractivity contribution in [3.05, 3.63) is 24.0 Å². The van der Waals surface area contributed by atoms with E-state index in [0.29, 0.717) is 11.4 Å². The minimum absolute atomic E-state index is 0.0588. The third-order valence-electron chi connectivity index (χ3n) is 3.80. The fourth-order valence-electron chi connectivity index (χ4n) is 2.42. The third kappa shape index (κ3) is 3.32. The SMILES string of the molecule is COC(=O)[C@@](C)(NC(=O)Cc1ncccc1OC)C1CC1. The maximum atomic E-state index is 12.2. The van der Waals surface area contributed by atoms with E-state index < -0.39 is 11.5 Å². The van der Waals surface area contributed by atoms with E-state index in [1.54, 1.807) is 25.3 Å². The van der Waals surface area contributed by atoms with Crippen LogP contribution in [0.5, 0.6) is 5.75 Å². The molecule has 1 aliphatic rings. The molecule has 0 bridgehead atoms. The summed E-state index contributed by atoms with van der Waals surface area (Å²) in [6.07, 6.45) is 3.49. The Morgan fingerprint density at radius 2 is 2.14 bits per heavy atom. The van der Waals surface area contributed by atoms with Gasteiger partial charge in [0.25, 0.3) is 0 Å². The molecule has 0 radical (unpaired) electrons. The number of nitrogens with one attached hydrogen (secondary N) is 1. The minimum atomic E-state index is -0.964. The van der Waals surface area contributed by atoms with Crippen molar-refractivity contribution in [2.24, 2.45) is 5.92 Å². The number of amides is 1. The molecule has 1 aromatic heterocycles. The van der Waals surface area contributed by atoms with Crippen LogP contribution in [0, 0.1) is 5.92 Å². The Balaban J connectivity index is 2.08. The first-order chi connectivity index (χ1) is 10.0. The summed E-state index contributed by atoms with van der Waals surface area (Å²) in [4.78, 5) is 28.3. The molecule has 0 spiro atoms. The molecular formula is C15H20N2O4. The van der Waals surface area contributed by atoms with Crippen molar-refractivity contribution in [2.75, 3.05) is 14.2 Å². The summed E-state index contributed by atoms with van der Waals surface area (Å²) in [7, 11) is 2.86. The fraction of sp³-hybridized carbons (Fsp3) is 0.533. The van der Waals surface area contributed by atoms with Crippen molar-refractivity contribution in [2.45, 2.75) is 31.7 Å². The molecule has 1 fully saturated rings. The molecule has 2 rings (SSSR count). The Morgan fingerprint density at radius 1 is 1.43 bits per heavy atom. The third-order valence-corrected chi connectivity index (χ3v) is 3.80. The van der Waals surface area contributed by atoms with Crippen LogP contribution in [0.2, 0.25) is 0 Å². The second-order valence-corrected chi connectivity index (χ2v) is 5.35.